The van der Waals surface area contributed by atoms with Gasteiger partial charge in [0.05, 0.1) is 22.2 Å². The first-order chi connectivity index (χ1) is 12.8. The second-order valence-corrected chi connectivity index (χ2v) is 7.15. The zero-order chi connectivity index (χ0) is 19.4. The van der Waals surface area contributed by atoms with E-state index in [2.05, 4.69) is 10.4 Å². The summed E-state index contributed by atoms with van der Waals surface area (Å²) in [5.41, 5.74) is -0.929. The number of aromatic nitrogens is 2. The van der Waals surface area contributed by atoms with Crippen LogP contribution in [0.2, 0.25) is 0 Å². The van der Waals surface area contributed by atoms with Crippen LogP contribution in [0.3, 0.4) is 0 Å². The van der Waals surface area contributed by atoms with Gasteiger partial charge < -0.3 is 5.32 Å². The van der Waals surface area contributed by atoms with Crippen molar-refractivity contribution < 1.29 is 18.0 Å². The Balaban J connectivity index is 1.82. The number of carbonyl (C=O) groups is 1. The highest BCUT2D eigenvalue weighted by molar-refractivity contribution is 8.00. The lowest BCUT2D eigenvalue weighted by molar-refractivity contribution is -0.137. The van der Waals surface area contributed by atoms with E-state index in [0.717, 1.165) is 11.0 Å². The summed E-state index contributed by atoms with van der Waals surface area (Å²) in [6, 6.07) is 14.5. The first kappa shape index (κ1) is 19.0. The number of alkyl halides is 3. The van der Waals surface area contributed by atoms with Crippen molar-refractivity contribution in [3.63, 3.8) is 0 Å². The van der Waals surface area contributed by atoms with Gasteiger partial charge in [-0.25, -0.2) is 4.68 Å². The molecular formula is C19H16F3N3OS. The molecule has 0 saturated heterocycles. The first-order valence-electron chi connectivity index (χ1n) is 8.08. The van der Waals surface area contributed by atoms with E-state index in [0.29, 0.717) is 0 Å². The summed E-state index contributed by atoms with van der Waals surface area (Å²) in [7, 11) is 0. The molecular weight excluding hydrogens is 375 g/mol. The highest BCUT2D eigenvalue weighted by Gasteiger charge is 2.34. The minimum Gasteiger partial charge on any atom is -0.325 e. The number of nitrogens with one attached hydrogen (secondary N) is 1. The Hall–Kier alpha value is -2.74. The number of amides is 1. The highest BCUT2D eigenvalue weighted by atomic mass is 32.2. The lowest BCUT2D eigenvalue weighted by Gasteiger charge is -2.17. The van der Waals surface area contributed by atoms with Crippen LogP contribution in [0.1, 0.15) is 12.5 Å². The molecule has 0 saturated carbocycles. The van der Waals surface area contributed by atoms with Gasteiger partial charge in [0.25, 0.3) is 0 Å². The molecule has 140 valence electrons. The molecule has 8 heteroatoms. The molecule has 2 aromatic carbocycles. The minimum atomic E-state index is -4.61. The van der Waals surface area contributed by atoms with Crippen molar-refractivity contribution in [2.24, 2.45) is 0 Å². The zero-order valence-electron chi connectivity index (χ0n) is 14.3. The second-order valence-electron chi connectivity index (χ2n) is 5.74. The summed E-state index contributed by atoms with van der Waals surface area (Å²) in [6.45, 7) is 1.65. The van der Waals surface area contributed by atoms with Crippen molar-refractivity contribution in [3.05, 3.63) is 72.6 Å². The maximum absolute atomic E-state index is 13.5. The summed E-state index contributed by atoms with van der Waals surface area (Å²) in [5.74, 6) is -0.499. The van der Waals surface area contributed by atoms with Gasteiger partial charge in [-0.1, -0.05) is 18.2 Å². The molecule has 27 heavy (non-hydrogen) atoms. The number of halogens is 3. The average molecular weight is 391 g/mol. The normalized spacial score (nSPS) is 12.6. The molecule has 0 fully saturated rings. The molecule has 0 spiro atoms. The molecule has 0 radical (unpaired) electrons. The van der Waals surface area contributed by atoms with E-state index >= 15 is 0 Å². The topological polar surface area (TPSA) is 46.9 Å². The zero-order valence-corrected chi connectivity index (χ0v) is 15.1. The van der Waals surface area contributed by atoms with Gasteiger partial charge in [-0.3, -0.25) is 4.79 Å². The molecule has 0 aliphatic carbocycles. The van der Waals surface area contributed by atoms with Gasteiger partial charge >= 0.3 is 6.18 Å². The molecule has 1 unspecified atom stereocenters. The number of benzene rings is 2. The monoisotopic (exact) mass is 391 g/mol. The number of hydrogen-bond donors (Lipinski definition) is 1. The molecule has 4 nitrogen and oxygen atoms in total. The molecule has 0 bridgehead atoms. The van der Waals surface area contributed by atoms with Gasteiger partial charge in [0.15, 0.2) is 0 Å². The summed E-state index contributed by atoms with van der Waals surface area (Å²) < 4.78 is 41.8. The van der Waals surface area contributed by atoms with Crippen molar-refractivity contribution in [2.75, 3.05) is 5.32 Å². The van der Waals surface area contributed by atoms with E-state index in [4.69, 9.17) is 0 Å². The Labute approximate surface area is 158 Å². The SMILES string of the molecule is CC(Sc1ccccc1)C(=O)Nc1ccc(-n2cccn2)cc1C(F)(F)F. The van der Waals surface area contributed by atoms with Crippen molar-refractivity contribution in [3.8, 4) is 5.69 Å². The van der Waals surface area contributed by atoms with E-state index in [1.165, 1.54) is 34.8 Å². The quantitative estimate of drug-likeness (QED) is 0.622. The number of hydrogen-bond acceptors (Lipinski definition) is 3. The number of nitrogens with zero attached hydrogens (tertiary/aromatic N) is 2. The van der Waals surface area contributed by atoms with Crippen molar-refractivity contribution >= 4 is 23.4 Å². The van der Waals surface area contributed by atoms with Crippen molar-refractivity contribution in [2.45, 2.75) is 23.2 Å². The molecule has 3 rings (SSSR count). The lowest BCUT2D eigenvalue weighted by atomic mass is 10.1. The van der Waals surface area contributed by atoms with Crippen LogP contribution < -0.4 is 5.32 Å². The van der Waals surface area contributed by atoms with E-state index in [9.17, 15) is 18.0 Å². The minimum absolute atomic E-state index is 0.261. The highest BCUT2D eigenvalue weighted by Crippen LogP contribution is 2.36. The molecule has 1 atom stereocenters. The molecule has 1 amide bonds. The van der Waals surface area contributed by atoms with Crippen molar-refractivity contribution in [1.82, 2.24) is 9.78 Å². The van der Waals surface area contributed by atoms with Crippen LogP contribution in [0.4, 0.5) is 18.9 Å². The fourth-order valence-corrected chi connectivity index (χ4v) is 3.32. The van der Waals surface area contributed by atoms with Gasteiger partial charge in [-0.05, 0) is 43.3 Å². The number of rotatable bonds is 5. The third-order valence-corrected chi connectivity index (χ3v) is 4.87. The summed E-state index contributed by atoms with van der Waals surface area (Å²) in [4.78, 5) is 13.3. The largest absolute Gasteiger partial charge is 0.418 e. The maximum atomic E-state index is 13.5. The van der Waals surface area contributed by atoms with Gasteiger partial charge in [0.1, 0.15) is 0 Å². The van der Waals surface area contributed by atoms with Crippen LogP contribution in [0.25, 0.3) is 5.69 Å². The van der Waals surface area contributed by atoms with Crippen LogP contribution >= 0.6 is 11.8 Å². The predicted molar refractivity (Wildman–Crippen MR) is 99.0 cm³/mol. The van der Waals surface area contributed by atoms with Crippen LogP contribution in [0, 0.1) is 0 Å². The number of carbonyl (C=O) groups excluding carboxylic acids is 1. The summed E-state index contributed by atoms with van der Waals surface area (Å²) in [5, 5.41) is 5.78. The average Bonchev–Trinajstić information content (AvgIpc) is 3.16. The van der Waals surface area contributed by atoms with Gasteiger partial charge in [0.2, 0.25) is 5.91 Å². The maximum Gasteiger partial charge on any atom is 0.418 e. The Morgan fingerprint density at radius 1 is 1.15 bits per heavy atom. The van der Waals surface area contributed by atoms with E-state index < -0.39 is 22.9 Å². The van der Waals surface area contributed by atoms with E-state index in [-0.39, 0.29) is 11.4 Å². The molecule has 1 N–H and O–H groups in total. The van der Waals surface area contributed by atoms with Crippen LogP contribution in [0.15, 0.2) is 71.9 Å². The lowest BCUT2D eigenvalue weighted by Crippen LogP contribution is -2.24. The fourth-order valence-electron chi connectivity index (χ4n) is 2.43. The van der Waals surface area contributed by atoms with Crippen LogP contribution in [-0.2, 0) is 11.0 Å². The molecule has 1 aromatic heterocycles. The first-order valence-corrected chi connectivity index (χ1v) is 8.96. The standard InChI is InChI=1S/C19H16F3N3OS/c1-13(27-15-6-3-2-4-7-15)18(26)24-17-9-8-14(25-11-5-10-23-25)12-16(17)19(20,21)22/h2-13H,1H3,(H,24,26). The van der Waals surface area contributed by atoms with Crippen LogP contribution in [-0.4, -0.2) is 20.9 Å². The smallest absolute Gasteiger partial charge is 0.325 e. The summed E-state index contributed by atoms with van der Waals surface area (Å²) >= 11 is 1.28. The molecule has 1 heterocycles. The third-order valence-electron chi connectivity index (χ3n) is 3.76. The second kappa shape index (κ2) is 7.87. The summed E-state index contributed by atoms with van der Waals surface area (Å²) in [6.07, 6.45) is -1.58. The Bertz CT molecular complexity index is 912. The molecule has 3 aromatic rings. The number of thioether (sulfide) groups is 1. The molecule has 0 aliphatic rings. The number of anilines is 1. The third kappa shape index (κ3) is 4.71. The Morgan fingerprint density at radius 2 is 1.89 bits per heavy atom. The predicted octanol–water partition coefficient (Wildman–Crippen LogP) is 5.01. The van der Waals surface area contributed by atoms with E-state index in [1.807, 2.05) is 30.3 Å². The fraction of sp³-hybridized carbons (Fsp3) is 0.158. The van der Waals surface area contributed by atoms with Crippen molar-refractivity contribution in [1.29, 1.82) is 0 Å². The van der Waals surface area contributed by atoms with Gasteiger partial charge in [0, 0.05) is 17.3 Å². The Morgan fingerprint density at radius 3 is 2.52 bits per heavy atom. The van der Waals surface area contributed by atoms with Crippen LogP contribution in [0.5, 0.6) is 0 Å². The molecule has 0 aliphatic heterocycles. The van der Waals surface area contributed by atoms with Gasteiger partial charge in [-0.2, -0.15) is 18.3 Å². The van der Waals surface area contributed by atoms with E-state index in [1.54, 1.807) is 19.2 Å². The van der Waals surface area contributed by atoms with Gasteiger partial charge in [-0.15, -0.1) is 11.8 Å². The Kier molecular flexibility index (Phi) is 5.55.